The van der Waals surface area contributed by atoms with Crippen molar-refractivity contribution in [3.05, 3.63) is 35.1 Å². The molecular weight excluding hydrogens is 436 g/mol. The minimum Gasteiger partial charge on any atom is -0.397 e. The molecule has 8 nitrogen and oxygen atoms in total. The van der Waals surface area contributed by atoms with Crippen LogP contribution in [0.2, 0.25) is 5.02 Å². The number of rotatable bonds is 6. The minimum atomic E-state index is 0.305. The second-order valence-electron chi connectivity index (χ2n) is 9.43. The number of para-hydroxylation sites is 1. The Morgan fingerprint density at radius 3 is 2.61 bits per heavy atom. The van der Waals surface area contributed by atoms with Gasteiger partial charge in [0.1, 0.15) is 0 Å². The highest BCUT2D eigenvalue weighted by Crippen LogP contribution is 2.33. The molecule has 9 heteroatoms. The summed E-state index contributed by atoms with van der Waals surface area (Å²) in [5.74, 6) is 1.35. The zero-order valence-corrected chi connectivity index (χ0v) is 19.7. The van der Waals surface area contributed by atoms with Crippen LogP contribution in [0.15, 0.2) is 24.5 Å². The van der Waals surface area contributed by atoms with E-state index in [9.17, 15) is 0 Å². The maximum Gasteiger partial charge on any atom is 0.227 e. The molecule has 2 aliphatic carbocycles. The van der Waals surface area contributed by atoms with Crippen molar-refractivity contribution in [2.24, 2.45) is 5.73 Å². The van der Waals surface area contributed by atoms with Crippen LogP contribution in [0.1, 0.15) is 69.4 Å². The lowest BCUT2D eigenvalue weighted by Gasteiger charge is -2.27. The molecule has 0 saturated heterocycles. The van der Waals surface area contributed by atoms with Crippen LogP contribution >= 0.6 is 11.6 Å². The molecule has 176 valence electrons. The second kappa shape index (κ2) is 9.73. The predicted octanol–water partition coefficient (Wildman–Crippen LogP) is 4.86. The molecule has 3 aromatic rings. The topological polar surface area (TPSA) is 120 Å². The average Bonchev–Trinajstić information content (AvgIpc) is 3.26. The number of fused-ring (bicyclic) bond motifs is 1. The average molecular weight is 469 g/mol. The summed E-state index contributed by atoms with van der Waals surface area (Å²) in [5, 5.41) is 7.57. The Hall–Kier alpha value is -2.58. The van der Waals surface area contributed by atoms with Gasteiger partial charge in [0.2, 0.25) is 5.95 Å². The van der Waals surface area contributed by atoms with Crippen molar-refractivity contribution >= 4 is 40.2 Å². The van der Waals surface area contributed by atoms with E-state index in [1.54, 1.807) is 6.07 Å². The van der Waals surface area contributed by atoms with Gasteiger partial charge in [-0.15, -0.1) is 0 Å². The minimum absolute atomic E-state index is 0.305. The van der Waals surface area contributed by atoms with Crippen LogP contribution < -0.4 is 22.1 Å². The molecule has 2 heterocycles. The molecule has 2 aromatic heterocycles. The van der Waals surface area contributed by atoms with E-state index in [0.717, 1.165) is 42.4 Å². The van der Waals surface area contributed by atoms with Gasteiger partial charge in [-0.1, -0.05) is 43.0 Å². The number of nitrogens with zero attached hydrogens (tertiary/aromatic N) is 4. The van der Waals surface area contributed by atoms with Gasteiger partial charge in [-0.05, 0) is 50.2 Å². The quantitative estimate of drug-likeness (QED) is 0.381. The molecule has 5 rings (SSSR count). The summed E-state index contributed by atoms with van der Waals surface area (Å²) in [7, 11) is 0. The Bertz CT molecular complexity index is 1100. The lowest BCUT2D eigenvalue weighted by molar-refractivity contribution is 0.358. The van der Waals surface area contributed by atoms with Crippen molar-refractivity contribution in [3.8, 4) is 0 Å². The molecule has 2 saturated carbocycles. The van der Waals surface area contributed by atoms with Gasteiger partial charge >= 0.3 is 0 Å². The number of nitrogens with two attached hydrogens (primary N) is 2. The monoisotopic (exact) mass is 468 g/mol. The smallest absolute Gasteiger partial charge is 0.227 e. The fourth-order valence-electron chi connectivity index (χ4n) is 5.09. The lowest BCUT2D eigenvalue weighted by Crippen LogP contribution is -2.33. The van der Waals surface area contributed by atoms with E-state index >= 15 is 0 Å². The van der Waals surface area contributed by atoms with Crippen LogP contribution in [0.5, 0.6) is 0 Å². The zero-order valence-electron chi connectivity index (χ0n) is 18.9. The van der Waals surface area contributed by atoms with Gasteiger partial charge in [-0.2, -0.15) is 9.97 Å². The van der Waals surface area contributed by atoms with Gasteiger partial charge in [-0.3, -0.25) is 0 Å². The van der Waals surface area contributed by atoms with E-state index < -0.39 is 0 Å². The molecule has 33 heavy (non-hydrogen) atoms. The van der Waals surface area contributed by atoms with Crippen LogP contribution in [0, 0.1) is 0 Å². The third-order valence-electron chi connectivity index (χ3n) is 7.08. The number of aromatic nitrogens is 4. The third kappa shape index (κ3) is 4.87. The fourth-order valence-corrected chi connectivity index (χ4v) is 5.29. The van der Waals surface area contributed by atoms with Crippen molar-refractivity contribution in [3.63, 3.8) is 0 Å². The highest BCUT2D eigenvalue weighted by Gasteiger charge is 2.23. The number of hydrogen-bond donors (Lipinski definition) is 4. The van der Waals surface area contributed by atoms with Crippen molar-refractivity contribution in [2.45, 2.75) is 82.5 Å². The summed E-state index contributed by atoms with van der Waals surface area (Å²) in [6.07, 6.45) is 12.2. The van der Waals surface area contributed by atoms with E-state index in [0.29, 0.717) is 47.1 Å². The third-order valence-corrected chi connectivity index (χ3v) is 7.41. The number of anilines is 3. The molecule has 0 spiro atoms. The molecule has 6 N–H and O–H groups in total. The van der Waals surface area contributed by atoms with Crippen LogP contribution in [0.4, 0.5) is 17.5 Å². The first-order valence-electron chi connectivity index (χ1n) is 12.1. The molecule has 0 radical (unpaired) electrons. The van der Waals surface area contributed by atoms with Gasteiger partial charge in [0.15, 0.2) is 17.0 Å². The van der Waals surface area contributed by atoms with Gasteiger partial charge < -0.3 is 26.7 Å². The molecule has 0 aliphatic heterocycles. The SMILES string of the molecule is Nc1c(Cl)cccc1CNc1nc(NC2CCC(N)CC2)nc2c1ncn2C1CCCCC1. The van der Waals surface area contributed by atoms with Crippen molar-refractivity contribution < 1.29 is 0 Å². The molecular formula is C24H33ClN8. The van der Waals surface area contributed by atoms with Crippen LogP contribution in [-0.2, 0) is 6.54 Å². The van der Waals surface area contributed by atoms with Crippen LogP contribution in [0.3, 0.4) is 0 Å². The Labute approximate surface area is 199 Å². The molecule has 2 aliphatic rings. The molecule has 1 aromatic carbocycles. The number of halogens is 1. The van der Waals surface area contributed by atoms with E-state index in [4.69, 9.17) is 38.0 Å². The fraction of sp³-hybridized carbons (Fsp3) is 0.542. The highest BCUT2D eigenvalue weighted by molar-refractivity contribution is 6.33. The summed E-state index contributed by atoms with van der Waals surface area (Å²) < 4.78 is 2.25. The molecule has 0 unspecified atom stereocenters. The first-order chi connectivity index (χ1) is 16.1. The Morgan fingerprint density at radius 1 is 1.03 bits per heavy atom. The zero-order chi connectivity index (χ0) is 22.8. The summed E-state index contributed by atoms with van der Waals surface area (Å²) in [5.41, 5.74) is 15.5. The van der Waals surface area contributed by atoms with E-state index in [-0.39, 0.29) is 0 Å². The van der Waals surface area contributed by atoms with E-state index in [2.05, 4.69) is 15.2 Å². The van der Waals surface area contributed by atoms with Crippen molar-refractivity contribution in [1.29, 1.82) is 0 Å². The standard InChI is InChI=1S/C24H33ClN8/c25-19-8-4-5-15(20(19)27)13-28-22-21-23(33(14-29-21)18-6-2-1-3-7-18)32-24(31-22)30-17-11-9-16(26)10-12-17/h4-5,8,14,16-18H,1-3,6-7,9-13,26-27H2,(H2,28,30,31,32). The van der Waals surface area contributed by atoms with E-state index in [1.165, 1.54) is 32.1 Å². The first-order valence-corrected chi connectivity index (χ1v) is 12.5. The van der Waals surface area contributed by atoms with E-state index in [1.807, 2.05) is 18.5 Å². The predicted molar refractivity (Wildman–Crippen MR) is 134 cm³/mol. The Balaban J connectivity index is 1.46. The highest BCUT2D eigenvalue weighted by atomic mass is 35.5. The summed E-state index contributed by atoms with van der Waals surface area (Å²) >= 11 is 6.21. The van der Waals surface area contributed by atoms with Crippen molar-refractivity contribution in [1.82, 2.24) is 19.5 Å². The first kappa shape index (κ1) is 22.2. The number of nitrogen functional groups attached to an aromatic ring is 1. The number of hydrogen-bond acceptors (Lipinski definition) is 7. The Kier molecular flexibility index (Phi) is 6.55. The number of benzene rings is 1. The largest absolute Gasteiger partial charge is 0.397 e. The van der Waals surface area contributed by atoms with Crippen molar-refractivity contribution in [2.75, 3.05) is 16.4 Å². The summed E-state index contributed by atoms with van der Waals surface area (Å²) in [6.45, 7) is 0.506. The van der Waals surface area contributed by atoms with Gasteiger partial charge in [0.25, 0.3) is 0 Å². The molecule has 2 fully saturated rings. The maximum atomic E-state index is 6.21. The van der Waals surface area contributed by atoms with Gasteiger partial charge in [-0.25, -0.2) is 4.98 Å². The molecule has 0 amide bonds. The summed E-state index contributed by atoms with van der Waals surface area (Å²) in [6, 6.07) is 6.76. The van der Waals surface area contributed by atoms with Crippen LogP contribution in [0.25, 0.3) is 11.2 Å². The van der Waals surface area contributed by atoms with Crippen LogP contribution in [-0.4, -0.2) is 31.6 Å². The second-order valence-corrected chi connectivity index (χ2v) is 9.84. The molecule has 0 bridgehead atoms. The number of imidazole rings is 1. The Morgan fingerprint density at radius 2 is 1.82 bits per heavy atom. The van der Waals surface area contributed by atoms with Gasteiger partial charge in [0, 0.05) is 24.7 Å². The normalized spacial score (nSPS) is 21.9. The summed E-state index contributed by atoms with van der Waals surface area (Å²) in [4.78, 5) is 14.5. The maximum absolute atomic E-state index is 6.21. The molecule has 0 atom stereocenters. The van der Waals surface area contributed by atoms with Gasteiger partial charge in [0.05, 0.1) is 17.0 Å². The lowest BCUT2D eigenvalue weighted by atomic mass is 9.92. The number of nitrogens with one attached hydrogen (secondary N) is 2.